The van der Waals surface area contributed by atoms with Gasteiger partial charge < -0.3 is 15.0 Å². The summed E-state index contributed by atoms with van der Waals surface area (Å²) in [4.78, 5) is 14.6. The first kappa shape index (κ1) is 18.5. The van der Waals surface area contributed by atoms with Crippen LogP contribution >= 0.6 is 0 Å². The van der Waals surface area contributed by atoms with Crippen LogP contribution in [0.25, 0.3) is 0 Å². The van der Waals surface area contributed by atoms with Crippen molar-refractivity contribution < 1.29 is 9.53 Å². The van der Waals surface area contributed by atoms with Crippen LogP contribution in [0.2, 0.25) is 0 Å². The molecule has 0 saturated carbocycles. The molecule has 138 valence electrons. The maximum atomic E-state index is 12.2. The first-order valence-electron chi connectivity index (χ1n) is 9.53. The molecule has 1 aliphatic rings. The van der Waals surface area contributed by atoms with E-state index in [4.69, 9.17) is 4.74 Å². The molecule has 1 heterocycles. The largest absolute Gasteiger partial charge is 0.493 e. The van der Waals surface area contributed by atoms with E-state index in [9.17, 15) is 4.79 Å². The second-order valence-corrected chi connectivity index (χ2v) is 6.85. The molecule has 4 heteroatoms. The zero-order chi connectivity index (χ0) is 18.0. The first-order chi connectivity index (χ1) is 12.8. The minimum absolute atomic E-state index is 0.0795. The quantitative estimate of drug-likeness (QED) is 0.793. The fourth-order valence-corrected chi connectivity index (χ4v) is 3.39. The number of benzene rings is 2. The molecule has 26 heavy (non-hydrogen) atoms. The van der Waals surface area contributed by atoms with Gasteiger partial charge in [0, 0.05) is 19.1 Å². The standard InChI is InChI=1S/C22H28N2O2/c25-22(14-17-26-21-11-5-2-6-12-21)23-20-10-7-15-24(18-20)16-13-19-8-3-1-4-9-19/h1-6,8-9,11-12,20H,7,10,13-18H2,(H,23,25). The van der Waals surface area contributed by atoms with Crippen molar-refractivity contribution in [2.75, 3.05) is 26.2 Å². The Bertz CT molecular complexity index is 660. The van der Waals surface area contributed by atoms with E-state index in [1.807, 2.05) is 30.3 Å². The van der Waals surface area contributed by atoms with Gasteiger partial charge >= 0.3 is 0 Å². The molecule has 3 rings (SSSR count). The van der Waals surface area contributed by atoms with Crippen molar-refractivity contribution in [1.82, 2.24) is 10.2 Å². The van der Waals surface area contributed by atoms with Gasteiger partial charge in [0.15, 0.2) is 0 Å². The lowest BCUT2D eigenvalue weighted by atomic mass is 10.0. The molecule has 0 spiro atoms. The molecule has 1 aliphatic heterocycles. The Hall–Kier alpha value is -2.33. The zero-order valence-corrected chi connectivity index (χ0v) is 15.3. The van der Waals surface area contributed by atoms with E-state index in [1.54, 1.807) is 0 Å². The molecular formula is C22H28N2O2. The highest BCUT2D eigenvalue weighted by atomic mass is 16.5. The summed E-state index contributed by atoms with van der Waals surface area (Å²) >= 11 is 0. The summed E-state index contributed by atoms with van der Waals surface area (Å²) < 4.78 is 5.60. The topological polar surface area (TPSA) is 41.6 Å². The Labute approximate surface area is 156 Å². The van der Waals surface area contributed by atoms with Crippen molar-refractivity contribution in [2.24, 2.45) is 0 Å². The second kappa shape index (κ2) is 9.97. The highest BCUT2D eigenvalue weighted by Crippen LogP contribution is 2.12. The Kier molecular flexibility index (Phi) is 7.08. The SMILES string of the molecule is O=C(CCOc1ccccc1)NC1CCCN(CCc2ccccc2)C1. The fraction of sp³-hybridized carbons (Fsp3) is 0.409. The van der Waals surface area contributed by atoms with Crippen LogP contribution in [0.5, 0.6) is 5.75 Å². The van der Waals surface area contributed by atoms with E-state index in [0.29, 0.717) is 13.0 Å². The highest BCUT2D eigenvalue weighted by molar-refractivity contribution is 5.76. The minimum Gasteiger partial charge on any atom is -0.493 e. The van der Waals surface area contributed by atoms with Gasteiger partial charge in [0.25, 0.3) is 0 Å². The lowest BCUT2D eigenvalue weighted by molar-refractivity contribution is -0.122. The predicted octanol–water partition coefficient (Wildman–Crippen LogP) is 3.28. The summed E-state index contributed by atoms with van der Waals surface area (Å²) in [6, 6.07) is 20.5. The van der Waals surface area contributed by atoms with Gasteiger partial charge in [-0.15, -0.1) is 0 Å². The van der Waals surface area contributed by atoms with Crippen molar-refractivity contribution >= 4 is 5.91 Å². The van der Waals surface area contributed by atoms with Crippen molar-refractivity contribution in [3.8, 4) is 5.75 Å². The third kappa shape index (κ3) is 6.19. The number of amides is 1. The number of ether oxygens (including phenoxy) is 1. The van der Waals surface area contributed by atoms with E-state index in [-0.39, 0.29) is 11.9 Å². The first-order valence-corrected chi connectivity index (χ1v) is 9.53. The third-order valence-corrected chi connectivity index (χ3v) is 4.77. The van der Waals surface area contributed by atoms with Crippen LogP contribution in [0.3, 0.4) is 0 Å². The molecule has 1 unspecified atom stereocenters. The summed E-state index contributed by atoms with van der Waals surface area (Å²) in [6.45, 7) is 3.53. The second-order valence-electron chi connectivity index (χ2n) is 6.85. The molecule has 1 fully saturated rings. The summed E-state index contributed by atoms with van der Waals surface area (Å²) in [6.07, 6.45) is 3.66. The molecular weight excluding hydrogens is 324 g/mol. The number of rotatable bonds is 8. The van der Waals surface area contributed by atoms with E-state index in [1.165, 1.54) is 5.56 Å². The summed E-state index contributed by atoms with van der Waals surface area (Å²) in [5.41, 5.74) is 1.37. The Morgan fingerprint density at radius 1 is 1.08 bits per heavy atom. The Morgan fingerprint density at radius 3 is 2.58 bits per heavy atom. The summed E-state index contributed by atoms with van der Waals surface area (Å²) in [7, 11) is 0. The van der Waals surface area contributed by atoms with Gasteiger partial charge in [0.2, 0.25) is 5.91 Å². The van der Waals surface area contributed by atoms with Gasteiger partial charge in [-0.05, 0) is 43.5 Å². The molecule has 1 saturated heterocycles. The van der Waals surface area contributed by atoms with Crippen molar-refractivity contribution in [3.05, 3.63) is 66.2 Å². The van der Waals surface area contributed by atoms with Gasteiger partial charge in [-0.1, -0.05) is 48.5 Å². The van der Waals surface area contributed by atoms with E-state index in [2.05, 4.69) is 40.5 Å². The molecule has 1 atom stereocenters. The van der Waals surface area contributed by atoms with Crippen LogP contribution in [0.4, 0.5) is 0 Å². The Morgan fingerprint density at radius 2 is 1.81 bits per heavy atom. The maximum Gasteiger partial charge on any atom is 0.223 e. The van der Waals surface area contributed by atoms with Gasteiger partial charge in [0.1, 0.15) is 5.75 Å². The van der Waals surface area contributed by atoms with Crippen molar-refractivity contribution in [1.29, 1.82) is 0 Å². The molecule has 1 amide bonds. The molecule has 0 aromatic heterocycles. The Balaban J connectivity index is 1.35. The van der Waals surface area contributed by atoms with Gasteiger partial charge in [0.05, 0.1) is 13.0 Å². The zero-order valence-electron chi connectivity index (χ0n) is 15.3. The minimum atomic E-state index is 0.0795. The monoisotopic (exact) mass is 352 g/mol. The number of nitrogens with one attached hydrogen (secondary N) is 1. The molecule has 2 aromatic rings. The number of nitrogens with zero attached hydrogens (tertiary/aromatic N) is 1. The lowest BCUT2D eigenvalue weighted by Gasteiger charge is -2.33. The van der Waals surface area contributed by atoms with Crippen LogP contribution in [0.1, 0.15) is 24.8 Å². The van der Waals surface area contributed by atoms with Crippen LogP contribution in [-0.2, 0) is 11.2 Å². The van der Waals surface area contributed by atoms with Crippen LogP contribution in [0.15, 0.2) is 60.7 Å². The average molecular weight is 352 g/mol. The third-order valence-electron chi connectivity index (χ3n) is 4.77. The van der Waals surface area contributed by atoms with E-state index >= 15 is 0 Å². The number of carbonyl (C=O) groups is 1. The summed E-state index contributed by atoms with van der Waals surface area (Å²) in [5.74, 6) is 0.890. The number of hydrogen-bond donors (Lipinski definition) is 1. The van der Waals surface area contributed by atoms with Gasteiger partial charge in [-0.2, -0.15) is 0 Å². The van der Waals surface area contributed by atoms with Crippen LogP contribution in [0, 0.1) is 0 Å². The average Bonchev–Trinajstić information content (AvgIpc) is 2.68. The van der Waals surface area contributed by atoms with E-state index < -0.39 is 0 Å². The highest BCUT2D eigenvalue weighted by Gasteiger charge is 2.21. The maximum absolute atomic E-state index is 12.2. The van der Waals surface area contributed by atoms with Crippen molar-refractivity contribution in [2.45, 2.75) is 31.7 Å². The van der Waals surface area contributed by atoms with Gasteiger partial charge in [-0.3, -0.25) is 4.79 Å². The van der Waals surface area contributed by atoms with Gasteiger partial charge in [-0.25, -0.2) is 0 Å². The number of piperidine rings is 1. The number of likely N-dealkylation sites (tertiary alicyclic amines) is 1. The molecule has 4 nitrogen and oxygen atoms in total. The number of hydrogen-bond acceptors (Lipinski definition) is 3. The van der Waals surface area contributed by atoms with E-state index in [0.717, 1.165) is 44.6 Å². The predicted molar refractivity (Wildman–Crippen MR) is 104 cm³/mol. The normalized spacial score (nSPS) is 17.6. The number of para-hydroxylation sites is 1. The number of carbonyl (C=O) groups excluding carboxylic acids is 1. The molecule has 2 aromatic carbocycles. The van der Waals surface area contributed by atoms with Crippen LogP contribution < -0.4 is 10.1 Å². The molecule has 0 bridgehead atoms. The molecule has 1 N–H and O–H groups in total. The van der Waals surface area contributed by atoms with Crippen molar-refractivity contribution in [3.63, 3.8) is 0 Å². The summed E-state index contributed by atoms with van der Waals surface area (Å²) in [5, 5.41) is 3.17. The lowest BCUT2D eigenvalue weighted by Crippen LogP contribution is -2.48. The smallest absolute Gasteiger partial charge is 0.223 e. The fourth-order valence-electron chi connectivity index (χ4n) is 3.39. The molecule has 0 aliphatic carbocycles. The van der Waals surface area contributed by atoms with Crippen LogP contribution in [-0.4, -0.2) is 43.1 Å². The molecule has 0 radical (unpaired) electrons.